The highest BCUT2D eigenvalue weighted by Crippen LogP contribution is 2.28. The zero-order chi connectivity index (χ0) is 17.3. The number of ether oxygens (including phenoxy) is 1. The van der Waals surface area contributed by atoms with E-state index in [1.165, 1.54) is 10.9 Å². The van der Waals surface area contributed by atoms with E-state index in [1.54, 1.807) is 0 Å². The molecule has 6 heteroatoms. The van der Waals surface area contributed by atoms with Crippen LogP contribution in [0, 0.1) is 0 Å². The average molecular weight is 349 g/mol. The van der Waals surface area contributed by atoms with Crippen LogP contribution in [0.5, 0.6) is 0 Å². The Hall–Kier alpha value is -2.31. The fourth-order valence-electron chi connectivity index (χ4n) is 4.05. The Morgan fingerprint density at radius 2 is 2.12 bits per heavy atom. The molecule has 0 radical (unpaired) electrons. The van der Waals surface area contributed by atoms with Crippen molar-refractivity contribution >= 4 is 10.9 Å². The molecule has 0 aliphatic carbocycles. The molecule has 3 aromatic rings. The summed E-state index contributed by atoms with van der Waals surface area (Å²) in [5.74, 6) is 2.12. The van der Waals surface area contributed by atoms with Crippen LogP contribution in [0.3, 0.4) is 0 Å². The minimum atomic E-state index is 0.135. The van der Waals surface area contributed by atoms with Gasteiger partial charge in [0.15, 0.2) is 5.82 Å². The highest BCUT2D eigenvalue weighted by atomic mass is 16.5. The predicted molar refractivity (Wildman–Crippen MR) is 98.7 cm³/mol. The monoisotopic (exact) mass is 349 g/mol. The molecule has 1 saturated heterocycles. The van der Waals surface area contributed by atoms with Crippen LogP contribution in [0.4, 0.5) is 0 Å². The van der Waals surface area contributed by atoms with E-state index in [2.05, 4.69) is 48.9 Å². The molecule has 4 heterocycles. The lowest BCUT2D eigenvalue weighted by Crippen LogP contribution is -2.26. The molecule has 0 saturated carbocycles. The molecule has 134 valence electrons. The van der Waals surface area contributed by atoms with Crippen molar-refractivity contribution in [3.63, 3.8) is 0 Å². The molecule has 1 unspecified atom stereocenters. The Kier molecular flexibility index (Phi) is 4.15. The second-order valence-corrected chi connectivity index (χ2v) is 7.18. The van der Waals surface area contributed by atoms with E-state index in [4.69, 9.17) is 4.74 Å². The van der Waals surface area contributed by atoms with Gasteiger partial charge >= 0.3 is 0 Å². The Bertz CT molecular complexity index is 915. The molecule has 1 aromatic carbocycles. The summed E-state index contributed by atoms with van der Waals surface area (Å²) < 4.78 is 8.12. The maximum Gasteiger partial charge on any atom is 0.162 e. The highest BCUT2D eigenvalue weighted by molar-refractivity contribution is 5.78. The number of nitrogens with zero attached hydrogens (tertiary/aromatic N) is 5. The first-order chi connectivity index (χ1) is 12.9. The summed E-state index contributed by atoms with van der Waals surface area (Å²) in [5.41, 5.74) is 2.39. The van der Waals surface area contributed by atoms with E-state index >= 15 is 0 Å². The van der Waals surface area contributed by atoms with Crippen LogP contribution in [0.1, 0.15) is 36.2 Å². The van der Waals surface area contributed by atoms with Crippen molar-refractivity contribution in [2.24, 2.45) is 0 Å². The number of pyridine rings is 1. The smallest absolute Gasteiger partial charge is 0.162 e. The highest BCUT2D eigenvalue weighted by Gasteiger charge is 2.26. The Morgan fingerprint density at radius 1 is 1.12 bits per heavy atom. The van der Waals surface area contributed by atoms with Gasteiger partial charge in [-0.05, 0) is 36.6 Å². The molecule has 0 bridgehead atoms. The summed E-state index contributed by atoms with van der Waals surface area (Å²) in [6, 6.07) is 10.7. The second-order valence-electron chi connectivity index (χ2n) is 7.18. The van der Waals surface area contributed by atoms with E-state index in [0.29, 0.717) is 0 Å². The quantitative estimate of drug-likeness (QED) is 0.728. The van der Waals surface area contributed by atoms with Crippen LogP contribution in [0.2, 0.25) is 0 Å². The topological polar surface area (TPSA) is 56.1 Å². The molecule has 1 fully saturated rings. The van der Waals surface area contributed by atoms with Gasteiger partial charge < -0.3 is 9.30 Å². The van der Waals surface area contributed by atoms with Crippen molar-refractivity contribution in [3.05, 3.63) is 53.7 Å². The van der Waals surface area contributed by atoms with Crippen LogP contribution in [0.25, 0.3) is 10.9 Å². The third-order valence-corrected chi connectivity index (χ3v) is 5.44. The molecule has 26 heavy (non-hydrogen) atoms. The van der Waals surface area contributed by atoms with Gasteiger partial charge in [0, 0.05) is 50.8 Å². The molecule has 6 nitrogen and oxygen atoms in total. The van der Waals surface area contributed by atoms with Crippen LogP contribution in [-0.4, -0.2) is 44.3 Å². The van der Waals surface area contributed by atoms with E-state index < -0.39 is 0 Å². The molecule has 0 amide bonds. The van der Waals surface area contributed by atoms with Crippen molar-refractivity contribution in [3.8, 4) is 0 Å². The number of hydrogen-bond donors (Lipinski definition) is 0. The summed E-state index contributed by atoms with van der Waals surface area (Å²) in [4.78, 5) is 6.91. The maximum absolute atomic E-state index is 5.82. The van der Waals surface area contributed by atoms with Gasteiger partial charge in [-0.3, -0.25) is 9.88 Å². The molecule has 1 atom stereocenters. The van der Waals surface area contributed by atoms with Gasteiger partial charge in [0.25, 0.3) is 0 Å². The van der Waals surface area contributed by atoms with Crippen molar-refractivity contribution in [1.82, 2.24) is 24.6 Å². The predicted octanol–water partition coefficient (Wildman–Crippen LogP) is 2.74. The zero-order valence-electron chi connectivity index (χ0n) is 14.8. The standard InChI is InChI=1S/C20H23N5O/c1-3-16-13-15(5-6-17(16)21-8-1)14-24-9-7-19-22-23-20(25(19)11-10-24)18-4-2-12-26-18/h1,3,5-6,8,13,18H,2,4,7,9-12,14H2. The molecule has 2 aromatic heterocycles. The van der Waals surface area contributed by atoms with Gasteiger partial charge in [0.05, 0.1) is 5.52 Å². The zero-order valence-corrected chi connectivity index (χ0v) is 14.8. The number of aromatic nitrogens is 4. The third kappa shape index (κ3) is 2.99. The molecular weight excluding hydrogens is 326 g/mol. The van der Waals surface area contributed by atoms with Gasteiger partial charge in [0.2, 0.25) is 0 Å². The lowest BCUT2D eigenvalue weighted by Gasteiger charge is -2.20. The SMILES string of the molecule is c1cnc2ccc(CN3CCc4nnc(C5CCCO5)n4CC3)cc2c1. The summed E-state index contributed by atoms with van der Waals surface area (Å²) in [6.07, 6.45) is 5.10. The Morgan fingerprint density at radius 3 is 3.04 bits per heavy atom. The Labute approximate surface area is 152 Å². The van der Waals surface area contributed by atoms with Gasteiger partial charge in [-0.1, -0.05) is 12.1 Å². The van der Waals surface area contributed by atoms with Crippen molar-refractivity contribution < 1.29 is 4.74 Å². The lowest BCUT2D eigenvalue weighted by molar-refractivity contribution is 0.101. The largest absolute Gasteiger partial charge is 0.370 e. The van der Waals surface area contributed by atoms with Crippen molar-refractivity contribution in [2.75, 3.05) is 19.7 Å². The van der Waals surface area contributed by atoms with E-state index in [-0.39, 0.29) is 6.10 Å². The molecule has 2 aliphatic heterocycles. The van der Waals surface area contributed by atoms with E-state index in [1.807, 2.05) is 12.3 Å². The number of rotatable bonds is 3. The summed E-state index contributed by atoms with van der Waals surface area (Å²) >= 11 is 0. The minimum absolute atomic E-state index is 0.135. The molecular formula is C20H23N5O. The van der Waals surface area contributed by atoms with Crippen LogP contribution < -0.4 is 0 Å². The Balaban J connectivity index is 1.31. The fourth-order valence-corrected chi connectivity index (χ4v) is 4.05. The number of fused-ring (bicyclic) bond motifs is 2. The molecule has 0 spiro atoms. The number of benzene rings is 1. The molecule has 2 aliphatic rings. The van der Waals surface area contributed by atoms with Gasteiger partial charge in [0.1, 0.15) is 11.9 Å². The van der Waals surface area contributed by atoms with Gasteiger partial charge in [-0.25, -0.2) is 0 Å². The van der Waals surface area contributed by atoms with E-state index in [9.17, 15) is 0 Å². The third-order valence-electron chi connectivity index (χ3n) is 5.44. The first kappa shape index (κ1) is 15.9. The first-order valence-corrected chi connectivity index (χ1v) is 9.46. The van der Waals surface area contributed by atoms with Gasteiger partial charge in [-0.15, -0.1) is 10.2 Å². The summed E-state index contributed by atoms with van der Waals surface area (Å²) in [5, 5.41) is 10.1. The first-order valence-electron chi connectivity index (χ1n) is 9.46. The minimum Gasteiger partial charge on any atom is -0.370 e. The van der Waals surface area contributed by atoms with Gasteiger partial charge in [-0.2, -0.15) is 0 Å². The van der Waals surface area contributed by atoms with Crippen LogP contribution >= 0.6 is 0 Å². The number of hydrogen-bond acceptors (Lipinski definition) is 5. The summed E-state index contributed by atoms with van der Waals surface area (Å²) in [6.45, 7) is 4.76. The van der Waals surface area contributed by atoms with Crippen molar-refractivity contribution in [2.45, 2.75) is 38.5 Å². The van der Waals surface area contributed by atoms with Crippen LogP contribution in [-0.2, 0) is 24.2 Å². The maximum atomic E-state index is 5.82. The van der Waals surface area contributed by atoms with Crippen LogP contribution in [0.15, 0.2) is 36.5 Å². The normalized spacial score (nSPS) is 21.0. The van der Waals surface area contributed by atoms with Crippen molar-refractivity contribution in [1.29, 1.82) is 0 Å². The molecule has 0 N–H and O–H groups in total. The van der Waals surface area contributed by atoms with E-state index in [0.717, 1.165) is 69.2 Å². The second kappa shape index (κ2) is 6.78. The average Bonchev–Trinajstić information content (AvgIpc) is 3.29. The fraction of sp³-hybridized carbons (Fsp3) is 0.450. The molecule has 5 rings (SSSR count). The summed E-state index contributed by atoms with van der Waals surface area (Å²) in [7, 11) is 0. The lowest BCUT2D eigenvalue weighted by atomic mass is 10.1.